The molecule has 0 spiro atoms. The van der Waals surface area contributed by atoms with Gasteiger partial charge in [-0.25, -0.2) is 4.79 Å². The normalized spacial score (nSPS) is 19.7. The molecule has 2 amide bonds. The molecule has 1 saturated heterocycles. The number of carbonyl (C=O) groups is 1. The SMILES string of the molecule is CC(C)[C@H](CNC(=O)N1CCC[C@H](CO)C1)Cc1ccccc1. The Balaban J connectivity index is 1.84. The van der Waals surface area contributed by atoms with Crippen molar-refractivity contribution in [1.82, 2.24) is 10.2 Å². The lowest BCUT2D eigenvalue weighted by Crippen LogP contribution is -2.47. The maximum absolute atomic E-state index is 12.4. The highest BCUT2D eigenvalue weighted by Crippen LogP contribution is 2.18. The van der Waals surface area contributed by atoms with Gasteiger partial charge >= 0.3 is 6.03 Å². The third-order valence-corrected chi connectivity index (χ3v) is 4.86. The summed E-state index contributed by atoms with van der Waals surface area (Å²) in [5.74, 6) is 1.18. The molecule has 128 valence electrons. The van der Waals surface area contributed by atoms with E-state index in [4.69, 9.17) is 0 Å². The summed E-state index contributed by atoms with van der Waals surface area (Å²) in [6.45, 7) is 6.77. The van der Waals surface area contributed by atoms with Crippen molar-refractivity contribution in [2.45, 2.75) is 33.1 Å². The van der Waals surface area contributed by atoms with E-state index in [0.717, 1.165) is 25.8 Å². The Labute approximate surface area is 139 Å². The van der Waals surface area contributed by atoms with Crippen molar-refractivity contribution in [2.75, 3.05) is 26.2 Å². The highest BCUT2D eigenvalue weighted by atomic mass is 16.3. The molecule has 1 aromatic rings. The summed E-state index contributed by atoms with van der Waals surface area (Å²) >= 11 is 0. The summed E-state index contributed by atoms with van der Waals surface area (Å²) in [5.41, 5.74) is 1.32. The smallest absolute Gasteiger partial charge is 0.317 e. The van der Waals surface area contributed by atoms with Gasteiger partial charge in [0.15, 0.2) is 0 Å². The van der Waals surface area contributed by atoms with E-state index in [1.54, 1.807) is 0 Å². The van der Waals surface area contributed by atoms with Gasteiger partial charge < -0.3 is 15.3 Å². The fourth-order valence-corrected chi connectivity index (χ4v) is 3.19. The van der Waals surface area contributed by atoms with E-state index in [-0.39, 0.29) is 18.6 Å². The molecule has 0 aromatic heterocycles. The average molecular weight is 318 g/mol. The second-order valence-corrected chi connectivity index (χ2v) is 7.02. The number of rotatable bonds is 6. The Morgan fingerprint density at radius 2 is 2.09 bits per heavy atom. The van der Waals surface area contributed by atoms with Crippen LogP contribution in [0.15, 0.2) is 30.3 Å². The number of hydrogen-bond donors (Lipinski definition) is 2. The molecule has 2 rings (SSSR count). The zero-order valence-corrected chi connectivity index (χ0v) is 14.4. The summed E-state index contributed by atoms with van der Waals surface area (Å²) < 4.78 is 0. The Morgan fingerprint density at radius 1 is 1.35 bits per heavy atom. The van der Waals surface area contributed by atoms with Crippen LogP contribution >= 0.6 is 0 Å². The van der Waals surface area contributed by atoms with Gasteiger partial charge in [-0.15, -0.1) is 0 Å². The molecule has 4 heteroatoms. The molecule has 1 heterocycles. The summed E-state index contributed by atoms with van der Waals surface area (Å²) in [6, 6.07) is 10.5. The lowest BCUT2D eigenvalue weighted by molar-refractivity contribution is 0.128. The topological polar surface area (TPSA) is 52.6 Å². The molecule has 1 aliphatic heterocycles. The van der Waals surface area contributed by atoms with Crippen LogP contribution in [-0.2, 0) is 6.42 Å². The van der Waals surface area contributed by atoms with Gasteiger partial charge in [-0.2, -0.15) is 0 Å². The fourth-order valence-electron chi connectivity index (χ4n) is 3.19. The molecular weight excluding hydrogens is 288 g/mol. The Kier molecular flexibility index (Phi) is 6.90. The van der Waals surface area contributed by atoms with Gasteiger partial charge in [-0.05, 0) is 42.6 Å². The van der Waals surface area contributed by atoms with Gasteiger partial charge in [0, 0.05) is 26.2 Å². The van der Waals surface area contributed by atoms with Crippen LogP contribution in [0.3, 0.4) is 0 Å². The molecule has 4 nitrogen and oxygen atoms in total. The number of carbonyl (C=O) groups excluding carboxylic acids is 1. The third-order valence-electron chi connectivity index (χ3n) is 4.86. The van der Waals surface area contributed by atoms with Gasteiger partial charge in [-0.3, -0.25) is 0 Å². The van der Waals surface area contributed by atoms with Crippen LogP contribution in [0, 0.1) is 17.8 Å². The van der Waals surface area contributed by atoms with E-state index in [1.807, 2.05) is 11.0 Å². The molecule has 0 unspecified atom stereocenters. The molecule has 0 bridgehead atoms. The fraction of sp³-hybridized carbons (Fsp3) is 0.632. The number of amides is 2. The zero-order valence-electron chi connectivity index (χ0n) is 14.4. The van der Waals surface area contributed by atoms with Crippen molar-refractivity contribution in [3.8, 4) is 0 Å². The number of aliphatic hydroxyl groups excluding tert-OH is 1. The summed E-state index contributed by atoms with van der Waals surface area (Å²) in [5, 5.41) is 12.4. The molecule has 1 aromatic carbocycles. The largest absolute Gasteiger partial charge is 0.396 e. The lowest BCUT2D eigenvalue weighted by atomic mass is 9.89. The average Bonchev–Trinajstić information content (AvgIpc) is 2.59. The van der Waals surface area contributed by atoms with E-state index in [1.165, 1.54) is 5.56 Å². The molecule has 2 N–H and O–H groups in total. The van der Waals surface area contributed by atoms with Crippen LogP contribution < -0.4 is 5.32 Å². The van der Waals surface area contributed by atoms with Gasteiger partial charge in [0.2, 0.25) is 0 Å². The van der Waals surface area contributed by atoms with Crippen molar-refractivity contribution in [2.24, 2.45) is 17.8 Å². The van der Waals surface area contributed by atoms with Crippen molar-refractivity contribution in [1.29, 1.82) is 0 Å². The molecule has 1 fully saturated rings. The van der Waals surface area contributed by atoms with Crippen molar-refractivity contribution in [3.05, 3.63) is 35.9 Å². The van der Waals surface area contributed by atoms with Crippen molar-refractivity contribution >= 4 is 6.03 Å². The van der Waals surface area contributed by atoms with Crippen molar-refractivity contribution in [3.63, 3.8) is 0 Å². The lowest BCUT2D eigenvalue weighted by Gasteiger charge is -2.32. The molecule has 0 radical (unpaired) electrons. The molecule has 0 saturated carbocycles. The van der Waals surface area contributed by atoms with Crippen LogP contribution in [0.2, 0.25) is 0 Å². The number of benzene rings is 1. The Morgan fingerprint density at radius 3 is 2.74 bits per heavy atom. The number of urea groups is 1. The van der Waals surface area contributed by atoms with E-state index < -0.39 is 0 Å². The maximum Gasteiger partial charge on any atom is 0.317 e. The van der Waals surface area contributed by atoms with E-state index in [2.05, 4.69) is 43.4 Å². The minimum absolute atomic E-state index is 0.0156. The van der Waals surface area contributed by atoms with Gasteiger partial charge in [0.1, 0.15) is 0 Å². The predicted molar refractivity (Wildman–Crippen MR) is 93.3 cm³/mol. The Bertz CT molecular complexity index is 476. The second kappa shape index (κ2) is 8.92. The molecule has 23 heavy (non-hydrogen) atoms. The summed E-state index contributed by atoms with van der Waals surface area (Å²) in [4.78, 5) is 14.2. The first-order valence-corrected chi connectivity index (χ1v) is 8.77. The first kappa shape index (κ1) is 17.8. The minimum Gasteiger partial charge on any atom is -0.396 e. The first-order chi connectivity index (χ1) is 11.1. The Hall–Kier alpha value is -1.55. The number of aliphatic hydroxyl groups is 1. The van der Waals surface area contributed by atoms with Gasteiger partial charge in [-0.1, -0.05) is 44.2 Å². The molecule has 1 aliphatic rings. The molecular formula is C19H30N2O2. The van der Waals surface area contributed by atoms with Crippen LogP contribution in [0.1, 0.15) is 32.3 Å². The second-order valence-electron chi connectivity index (χ2n) is 7.02. The number of likely N-dealkylation sites (tertiary alicyclic amines) is 1. The van der Waals surface area contributed by atoms with Crippen LogP contribution in [0.4, 0.5) is 4.79 Å². The number of nitrogens with zero attached hydrogens (tertiary/aromatic N) is 1. The van der Waals surface area contributed by atoms with E-state index in [0.29, 0.717) is 24.9 Å². The standard InChI is InChI=1S/C19H30N2O2/c1-15(2)18(11-16-7-4-3-5-8-16)12-20-19(23)21-10-6-9-17(13-21)14-22/h3-5,7-8,15,17-18,22H,6,9-14H2,1-2H3,(H,20,23)/t17-,18-/m0/s1. The first-order valence-electron chi connectivity index (χ1n) is 8.77. The number of hydrogen-bond acceptors (Lipinski definition) is 2. The monoisotopic (exact) mass is 318 g/mol. The van der Waals surface area contributed by atoms with E-state index >= 15 is 0 Å². The van der Waals surface area contributed by atoms with Crippen LogP contribution in [0.25, 0.3) is 0 Å². The molecule has 0 aliphatic carbocycles. The molecule has 2 atom stereocenters. The van der Waals surface area contributed by atoms with Crippen LogP contribution in [0.5, 0.6) is 0 Å². The predicted octanol–water partition coefficient (Wildman–Crippen LogP) is 2.92. The third kappa shape index (κ3) is 5.54. The quantitative estimate of drug-likeness (QED) is 0.847. The van der Waals surface area contributed by atoms with E-state index in [9.17, 15) is 9.90 Å². The van der Waals surface area contributed by atoms with Gasteiger partial charge in [0.25, 0.3) is 0 Å². The summed E-state index contributed by atoms with van der Waals surface area (Å²) in [7, 11) is 0. The highest BCUT2D eigenvalue weighted by Gasteiger charge is 2.24. The maximum atomic E-state index is 12.4. The summed E-state index contributed by atoms with van der Waals surface area (Å²) in [6.07, 6.45) is 2.98. The highest BCUT2D eigenvalue weighted by molar-refractivity contribution is 5.74. The minimum atomic E-state index is 0.0156. The number of piperidine rings is 1. The number of nitrogens with one attached hydrogen (secondary N) is 1. The van der Waals surface area contributed by atoms with Crippen LogP contribution in [-0.4, -0.2) is 42.3 Å². The van der Waals surface area contributed by atoms with Crippen molar-refractivity contribution < 1.29 is 9.90 Å². The van der Waals surface area contributed by atoms with Gasteiger partial charge in [0.05, 0.1) is 0 Å². The zero-order chi connectivity index (χ0) is 16.7.